The Labute approximate surface area is 99.4 Å². The summed E-state index contributed by atoms with van der Waals surface area (Å²) in [5.74, 6) is -1.04. The van der Waals surface area contributed by atoms with Gasteiger partial charge in [0.1, 0.15) is 5.82 Å². The fourth-order valence-corrected chi connectivity index (χ4v) is 2.09. The minimum atomic E-state index is -0.533. The average molecular weight is 242 g/mol. The van der Waals surface area contributed by atoms with Crippen LogP contribution in [0.4, 0.5) is 14.5 Å². The van der Waals surface area contributed by atoms with E-state index in [1.807, 2.05) is 11.8 Å². The number of piperazine rings is 1. The van der Waals surface area contributed by atoms with Gasteiger partial charge in [-0.1, -0.05) is 0 Å². The molecular weight excluding hydrogens is 226 g/mol. The molecule has 0 amide bonds. The Hall–Kier alpha value is -1.36. The number of nitrogens with zero attached hydrogens (tertiary/aromatic N) is 1. The largest absolute Gasteiger partial charge is 0.494 e. The maximum Gasteiger partial charge on any atom is 0.167 e. The number of hydrogen-bond acceptors (Lipinski definition) is 3. The van der Waals surface area contributed by atoms with Crippen molar-refractivity contribution in [2.24, 2.45) is 0 Å². The Kier molecular flexibility index (Phi) is 3.47. The minimum absolute atomic E-state index is 0.0611. The number of methoxy groups -OCH3 is 1. The zero-order chi connectivity index (χ0) is 12.4. The smallest absolute Gasteiger partial charge is 0.167 e. The van der Waals surface area contributed by atoms with E-state index < -0.39 is 11.6 Å². The molecule has 3 nitrogen and oxygen atoms in total. The minimum Gasteiger partial charge on any atom is -0.494 e. The second-order valence-electron chi connectivity index (χ2n) is 4.18. The topological polar surface area (TPSA) is 24.5 Å². The average Bonchev–Trinajstić information content (AvgIpc) is 2.32. The maximum absolute atomic E-state index is 13.9. The fourth-order valence-electron chi connectivity index (χ4n) is 2.09. The van der Waals surface area contributed by atoms with Crippen LogP contribution in [-0.4, -0.2) is 32.8 Å². The van der Waals surface area contributed by atoms with E-state index in [9.17, 15) is 8.78 Å². The summed E-state index contributed by atoms with van der Waals surface area (Å²) < 4.78 is 32.2. The Balaban J connectivity index is 2.34. The molecule has 1 N–H and O–H groups in total. The molecule has 0 spiro atoms. The fraction of sp³-hybridized carbons (Fsp3) is 0.500. The predicted octanol–water partition coefficient (Wildman–Crippen LogP) is 1.77. The lowest BCUT2D eigenvalue weighted by Gasteiger charge is -2.36. The van der Waals surface area contributed by atoms with Crippen LogP contribution in [0.25, 0.3) is 0 Å². The Bertz CT molecular complexity index is 412. The first kappa shape index (κ1) is 12.1. The third-order valence-electron chi connectivity index (χ3n) is 3.03. The van der Waals surface area contributed by atoms with E-state index in [0.29, 0.717) is 12.2 Å². The summed E-state index contributed by atoms with van der Waals surface area (Å²) in [5, 5.41) is 3.21. The van der Waals surface area contributed by atoms with Crippen LogP contribution < -0.4 is 15.0 Å². The summed E-state index contributed by atoms with van der Waals surface area (Å²) >= 11 is 0. The molecule has 1 aliphatic heterocycles. The molecule has 1 heterocycles. The standard InChI is InChI=1S/C12H16F2N2O/c1-8-7-15-3-4-16(8)11-5-10(14)12(17-2)6-9(11)13/h5-6,8,15H,3-4,7H2,1-2H3. The lowest BCUT2D eigenvalue weighted by molar-refractivity contribution is 0.382. The summed E-state index contributed by atoms with van der Waals surface area (Å²) in [7, 11) is 1.32. The summed E-state index contributed by atoms with van der Waals surface area (Å²) in [6.07, 6.45) is 0. The van der Waals surface area contributed by atoms with Crippen molar-refractivity contribution < 1.29 is 13.5 Å². The highest BCUT2D eigenvalue weighted by Gasteiger charge is 2.22. The van der Waals surface area contributed by atoms with Gasteiger partial charge in [-0.25, -0.2) is 8.78 Å². The highest BCUT2D eigenvalue weighted by molar-refractivity contribution is 5.52. The van der Waals surface area contributed by atoms with Crippen molar-refractivity contribution in [3.63, 3.8) is 0 Å². The molecule has 94 valence electrons. The van der Waals surface area contributed by atoms with E-state index >= 15 is 0 Å². The van der Waals surface area contributed by atoms with Crippen molar-refractivity contribution in [3.8, 4) is 5.75 Å². The lowest BCUT2D eigenvalue weighted by Crippen LogP contribution is -2.50. The molecule has 2 rings (SSSR count). The van der Waals surface area contributed by atoms with Gasteiger partial charge in [-0.2, -0.15) is 0 Å². The van der Waals surface area contributed by atoms with E-state index in [-0.39, 0.29) is 11.8 Å². The maximum atomic E-state index is 13.9. The molecular formula is C12H16F2N2O. The van der Waals surface area contributed by atoms with Crippen LogP contribution in [0.3, 0.4) is 0 Å². The van der Waals surface area contributed by atoms with E-state index in [2.05, 4.69) is 5.32 Å². The van der Waals surface area contributed by atoms with Gasteiger partial charge < -0.3 is 15.0 Å². The van der Waals surface area contributed by atoms with Gasteiger partial charge in [-0.15, -0.1) is 0 Å². The van der Waals surface area contributed by atoms with Crippen LogP contribution in [0.1, 0.15) is 6.92 Å². The van der Waals surface area contributed by atoms with Crippen molar-refractivity contribution >= 4 is 5.69 Å². The number of rotatable bonds is 2. The molecule has 0 saturated carbocycles. The van der Waals surface area contributed by atoms with E-state index in [0.717, 1.165) is 19.2 Å². The number of hydrogen-bond donors (Lipinski definition) is 1. The van der Waals surface area contributed by atoms with Gasteiger partial charge in [0.2, 0.25) is 0 Å². The summed E-state index contributed by atoms with van der Waals surface area (Å²) in [6.45, 7) is 4.20. The number of anilines is 1. The Morgan fingerprint density at radius 2 is 2.12 bits per heavy atom. The zero-order valence-electron chi connectivity index (χ0n) is 9.96. The van der Waals surface area contributed by atoms with Crippen LogP contribution in [-0.2, 0) is 0 Å². The molecule has 1 atom stereocenters. The van der Waals surface area contributed by atoms with Crippen molar-refractivity contribution in [2.75, 3.05) is 31.6 Å². The van der Waals surface area contributed by atoms with E-state index in [1.165, 1.54) is 13.2 Å². The molecule has 1 aromatic carbocycles. The van der Waals surface area contributed by atoms with Crippen molar-refractivity contribution in [2.45, 2.75) is 13.0 Å². The quantitative estimate of drug-likeness (QED) is 0.855. The van der Waals surface area contributed by atoms with Crippen molar-refractivity contribution in [3.05, 3.63) is 23.8 Å². The van der Waals surface area contributed by atoms with E-state index in [4.69, 9.17) is 4.74 Å². The number of benzene rings is 1. The van der Waals surface area contributed by atoms with Gasteiger partial charge >= 0.3 is 0 Å². The van der Waals surface area contributed by atoms with Gasteiger partial charge in [0, 0.05) is 37.8 Å². The zero-order valence-corrected chi connectivity index (χ0v) is 9.96. The molecule has 0 aliphatic carbocycles. The lowest BCUT2D eigenvalue weighted by atomic mass is 10.1. The van der Waals surface area contributed by atoms with Crippen LogP contribution in [0.15, 0.2) is 12.1 Å². The highest BCUT2D eigenvalue weighted by atomic mass is 19.1. The molecule has 1 fully saturated rings. The van der Waals surface area contributed by atoms with Crippen LogP contribution in [0.2, 0.25) is 0 Å². The molecule has 1 aromatic rings. The number of halogens is 2. The van der Waals surface area contributed by atoms with Crippen LogP contribution in [0, 0.1) is 11.6 Å². The Morgan fingerprint density at radius 3 is 2.76 bits per heavy atom. The second-order valence-corrected chi connectivity index (χ2v) is 4.18. The van der Waals surface area contributed by atoms with Crippen molar-refractivity contribution in [1.29, 1.82) is 0 Å². The molecule has 1 unspecified atom stereocenters. The van der Waals surface area contributed by atoms with Gasteiger partial charge in [0.25, 0.3) is 0 Å². The molecule has 1 aliphatic rings. The van der Waals surface area contributed by atoms with Gasteiger partial charge in [-0.05, 0) is 6.92 Å². The molecule has 17 heavy (non-hydrogen) atoms. The third-order valence-corrected chi connectivity index (χ3v) is 3.03. The van der Waals surface area contributed by atoms with E-state index in [1.54, 1.807) is 0 Å². The first-order valence-electron chi connectivity index (χ1n) is 5.64. The molecule has 0 bridgehead atoms. The van der Waals surface area contributed by atoms with Crippen molar-refractivity contribution in [1.82, 2.24) is 5.32 Å². The third kappa shape index (κ3) is 2.34. The molecule has 5 heteroatoms. The highest BCUT2D eigenvalue weighted by Crippen LogP contribution is 2.28. The Morgan fingerprint density at radius 1 is 1.35 bits per heavy atom. The molecule has 1 saturated heterocycles. The van der Waals surface area contributed by atoms with Gasteiger partial charge in [-0.3, -0.25) is 0 Å². The summed E-state index contributed by atoms with van der Waals surface area (Å²) in [5.41, 5.74) is 0.303. The summed E-state index contributed by atoms with van der Waals surface area (Å²) in [6, 6.07) is 2.45. The number of nitrogens with one attached hydrogen (secondary N) is 1. The second kappa shape index (κ2) is 4.87. The van der Waals surface area contributed by atoms with Gasteiger partial charge in [0.05, 0.1) is 12.8 Å². The first-order chi connectivity index (χ1) is 8.13. The molecule has 0 aromatic heterocycles. The monoisotopic (exact) mass is 242 g/mol. The predicted molar refractivity (Wildman–Crippen MR) is 62.6 cm³/mol. The number of ether oxygens (including phenoxy) is 1. The normalized spacial score (nSPS) is 20.5. The van der Waals surface area contributed by atoms with Crippen LogP contribution >= 0.6 is 0 Å². The van der Waals surface area contributed by atoms with Gasteiger partial charge in [0.15, 0.2) is 11.6 Å². The SMILES string of the molecule is COc1cc(F)c(N2CCNCC2C)cc1F. The summed E-state index contributed by atoms with van der Waals surface area (Å²) in [4.78, 5) is 1.87. The van der Waals surface area contributed by atoms with Crippen LogP contribution in [0.5, 0.6) is 5.75 Å². The molecule has 0 radical (unpaired) electrons. The first-order valence-corrected chi connectivity index (χ1v) is 5.64.